The number of hydrogen-bond donors (Lipinski definition) is 2. The summed E-state index contributed by atoms with van der Waals surface area (Å²) in [5.74, 6) is 5.39. The lowest BCUT2D eigenvalue weighted by molar-refractivity contribution is 0.102. The van der Waals surface area contributed by atoms with Crippen molar-refractivity contribution in [3.63, 3.8) is 0 Å². The standard InChI is InChI=1S/C16H15N3O2/c1-12-15(6-4-7-18-12)19-16(21)14-9-13(10-17-11-14)5-2-3-8-20/h4,6-7,9-11,20H,3,8H2,1H3,(H,19,21). The molecule has 2 N–H and O–H groups in total. The molecule has 0 saturated carbocycles. The van der Waals surface area contributed by atoms with Crippen LogP contribution in [0.2, 0.25) is 0 Å². The van der Waals surface area contributed by atoms with Crippen molar-refractivity contribution < 1.29 is 9.90 Å². The molecule has 2 aromatic rings. The second kappa shape index (κ2) is 7.17. The van der Waals surface area contributed by atoms with Gasteiger partial charge in [0.2, 0.25) is 0 Å². The molecule has 0 aliphatic carbocycles. The topological polar surface area (TPSA) is 75.1 Å². The molecule has 0 saturated heterocycles. The minimum Gasteiger partial charge on any atom is -0.395 e. The van der Waals surface area contributed by atoms with Crippen molar-refractivity contribution in [2.24, 2.45) is 0 Å². The molecule has 0 unspecified atom stereocenters. The SMILES string of the molecule is Cc1ncccc1NC(=O)c1cncc(C#CCCO)c1. The van der Waals surface area contributed by atoms with Gasteiger partial charge >= 0.3 is 0 Å². The molecule has 5 heteroatoms. The first kappa shape index (κ1) is 14.7. The number of pyridine rings is 2. The highest BCUT2D eigenvalue weighted by atomic mass is 16.2. The highest BCUT2D eigenvalue weighted by Crippen LogP contribution is 2.12. The molecule has 21 heavy (non-hydrogen) atoms. The summed E-state index contributed by atoms with van der Waals surface area (Å²) in [4.78, 5) is 20.3. The summed E-state index contributed by atoms with van der Waals surface area (Å²) in [6.45, 7) is 1.84. The number of amides is 1. The van der Waals surface area contributed by atoms with Crippen molar-refractivity contribution in [3.8, 4) is 11.8 Å². The number of aromatic nitrogens is 2. The van der Waals surface area contributed by atoms with Gasteiger partial charge in [-0.15, -0.1) is 0 Å². The molecular formula is C16H15N3O2. The third-order valence-corrected chi connectivity index (χ3v) is 2.73. The minimum atomic E-state index is -0.260. The highest BCUT2D eigenvalue weighted by Gasteiger charge is 2.08. The number of aryl methyl sites for hydroxylation is 1. The molecule has 5 nitrogen and oxygen atoms in total. The molecule has 0 atom stereocenters. The molecule has 0 bridgehead atoms. The number of aliphatic hydroxyl groups excluding tert-OH is 1. The normalized spacial score (nSPS) is 9.62. The second-order valence-corrected chi connectivity index (χ2v) is 4.33. The first-order chi connectivity index (χ1) is 10.2. The molecule has 0 aliphatic heterocycles. The van der Waals surface area contributed by atoms with E-state index in [0.717, 1.165) is 5.69 Å². The maximum absolute atomic E-state index is 12.2. The molecule has 0 aromatic carbocycles. The number of aliphatic hydroxyl groups is 1. The number of carbonyl (C=O) groups is 1. The van der Waals surface area contributed by atoms with E-state index in [9.17, 15) is 4.79 Å². The third-order valence-electron chi connectivity index (χ3n) is 2.73. The smallest absolute Gasteiger partial charge is 0.257 e. The molecule has 2 aromatic heterocycles. The van der Waals surface area contributed by atoms with Gasteiger partial charge in [-0.1, -0.05) is 11.8 Å². The minimum absolute atomic E-state index is 0.0148. The van der Waals surface area contributed by atoms with Gasteiger partial charge in [0.1, 0.15) is 0 Å². The summed E-state index contributed by atoms with van der Waals surface area (Å²) in [7, 11) is 0. The second-order valence-electron chi connectivity index (χ2n) is 4.33. The Morgan fingerprint density at radius 2 is 2.29 bits per heavy atom. The fraction of sp³-hybridized carbons (Fsp3) is 0.188. The molecule has 0 spiro atoms. The van der Waals surface area contributed by atoms with Crippen LogP contribution < -0.4 is 5.32 Å². The maximum Gasteiger partial charge on any atom is 0.257 e. The molecule has 0 aliphatic rings. The predicted molar refractivity (Wildman–Crippen MR) is 79.7 cm³/mol. The number of nitrogens with zero attached hydrogens (tertiary/aromatic N) is 2. The summed E-state index contributed by atoms with van der Waals surface area (Å²) in [6, 6.07) is 5.22. The average Bonchev–Trinajstić information content (AvgIpc) is 2.50. The van der Waals surface area contributed by atoms with Crippen molar-refractivity contribution in [2.75, 3.05) is 11.9 Å². The molecule has 1 amide bonds. The van der Waals surface area contributed by atoms with Crippen LogP contribution in [0.15, 0.2) is 36.8 Å². The monoisotopic (exact) mass is 281 g/mol. The van der Waals surface area contributed by atoms with Crippen LogP contribution in [-0.2, 0) is 0 Å². The zero-order chi connectivity index (χ0) is 15.1. The Balaban J connectivity index is 2.15. The Hall–Kier alpha value is -2.71. The van der Waals surface area contributed by atoms with Crippen molar-refractivity contribution in [1.29, 1.82) is 0 Å². The van der Waals surface area contributed by atoms with E-state index in [1.807, 2.05) is 6.92 Å². The molecule has 0 fully saturated rings. The van der Waals surface area contributed by atoms with Gasteiger partial charge in [-0.3, -0.25) is 14.8 Å². The zero-order valence-electron chi connectivity index (χ0n) is 11.6. The fourth-order valence-corrected chi connectivity index (χ4v) is 1.66. The van der Waals surface area contributed by atoms with Crippen LogP contribution in [0, 0.1) is 18.8 Å². The van der Waals surface area contributed by atoms with E-state index in [-0.39, 0.29) is 12.5 Å². The van der Waals surface area contributed by atoms with Gasteiger partial charge in [0.15, 0.2) is 0 Å². The van der Waals surface area contributed by atoms with E-state index in [1.54, 1.807) is 30.6 Å². The molecule has 2 heterocycles. The number of rotatable bonds is 3. The Morgan fingerprint density at radius 3 is 3.05 bits per heavy atom. The van der Waals surface area contributed by atoms with Gasteiger partial charge in [0.05, 0.1) is 23.6 Å². The lowest BCUT2D eigenvalue weighted by atomic mass is 10.2. The number of anilines is 1. The summed E-state index contributed by atoms with van der Waals surface area (Å²) in [5, 5.41) is 11.5. The first-order valence-corrected chi connectivity index (χ1v) is 6.48. The van der Waals surface area contributed by atoms with Gasteiger partial charge in [-0.05, 0) is 25.1 Å². The van der Waals surface area contributed by atoms with Crippen LogP contribution in [-0.4, -0.2) is 27.6 Å². The zero-order valence-corrected chi connectivity index (χ0v) is 11.6. The van der Waals surface area contributed by atoms with E-state index in [0.29, 0.717) is 23.2 Å². The Kier molecular flexibility index (Phi) is 5.02. The van der Waals surface area contributed by atoms with Crippen molar-refractivity contribution >= 4 is 11.6 Å². The first-order valence-electron chi connectivity index (χ1n) is 6.48. The van der Waals surface area contributed by atoms with Gasteiger partial charge < -0.3 is 10.4 Å². The summed E-state index contributed by atoms with van der Waals surface area (Å²) < 4.78 is 0. The predicted octanol–water partition coefficient (Wildman–Crippen LogP) is 1.77. The van der Waals surface area contributed by atoms with E-state index >= 15 is 0 Å². The van der Waals surface area contributed by atoms with Crippen molar-refractivity contribution in [1.82, 2.24) is 9.97 Å². The summed E-state index contributed by atoms with van der Waals surface area (Å²) in [6.07, 6.45) is 5.13. The Bertz CT molecular complexity index is 702. The number of carbonyl (C=O) groups excluding carboxylic acids is 1. The van der Waals surface area contributed by atoms with E-state index < -0.39 is 0 Å². The summed E-state index contributed by atoms with van der Waals surface area (Å²) >= 11 is 0. The van der Waals surface area contributed by atoms with E-state index in [1.165, 1.54) is 6.20 Å². The van der Waals surface area contributed by atoms with Gasteiger partial charge in [-0.25, -0.2) is 0 Å². The largest absolute Gasteiger partial charge is 0.395 e. The quantitative estimate of drug-likeness (QED) is 0.841. The van der Waals surface area contributed by atoms with Crippen molar-refractivity contribution in [2.45, 2.75) is 13.3 Å². The number of nitrogens with one attached hydrogen (secondary N) is 1. The van der Waals surface area contributed by atoms with E-state index in [2.05, 4.69) is 27.1 Å². The van der Waals surface area contributed by atoms with Gasteiger partial charge in [0.25, 0.3) is 5.91 Å². The van der Waals surface area contributed by atoms with Gasteiger partial charge in [0, 0.05) is 30.6 Å². The van der Waals surface area contributed by atoms with Crippen LogP contribution in [0.25, 0.3) is 0 Å². The summed E-state index contributed by atoms with van der Waals surface area (Å²) in [5.41, 5.74) is 2.48. The van der Waals surface area contributed by atoms with Crippen LogP contribution in [0.5, 0.6) is 0 Å². The number of hydrogen-bond acceptors (Lipinski definition) is 4. The molecule has 106 valence electrons. The third kappa shape index (κ3) is 4.13. The maximum atomic E-state index is 12.2. The fourth-order valence-electron chi connectivity index (χ4n) is 1.66. The van der Waals surface area contributed by atoms with E-state index in [4.69, 9.17) is 5.11 Å². The van der Waals surface area contributed by atoms with Crippen LogP contribution >= 0.6 is 0 Å². The Morgan fingerprint density at radius 1 is 1.43 bits per heavy atom. The molecular weight excluding hydrogens is 266 g/mol. The van der Waals surface area contributed by atoms with Crippen LogP contribution in [0.4, 0.5) is 5.69 Å². The Labute approximate surface area is 123 Å². The molecule has 0 radical (unpaired) electrons. The van der Waals surface area contributed by atoms with Crippen molar-refractivity contribution in [3.05, 3.63) is 53.6 Å². The highest BCUT2D eigenvalue weighted by molar-refractivity contribution is 6.04. The molecule has 2 rings (SSSR count). The van der Waals surface area contributed by atoms with Gasteiger partial charge in [-0.2, -0.15) is 0 Å². The lowest BCUT2D eigenvalue weighted by Crippen LogP contribution is -2.13. The average molecular weight is 281 g/mol. The lowest BCUT2D eigenvalue weighted by Gasteiger charge is -2.07. The van der Waals surface area contributed by atoms with Crippen LogP contribution in [0.3, 0.4) is 0 Å². The van der Waals surface area contributed by atoms with Crippen LogP contribution in [0.1, 0.15) is 28.0 Å².